The number of carboxylic acid groups (broad SMARTS) is 1. The highest BCUT2D eigenvalue weighted by molar-refractivity contribution is 5.73. The molecule has 0 aliphatic rings. The number of hydrogen-bond donors (Lipinski definition) is 3. The summed E-state index contributed by atoms with van der Waals surface area (Å²) in [6, 6.07) is 5.11. The molecule has 5 nitrogen and oxygen atoms in total. The minimum atomic E-state index is -1.12. The van der Waals surface area contributed by atoms with Gasteiger partial charge in [0, 0.05) is 6.42 Å². The van der Waals surface area contributed by atoms with Crippen molar-refractivity contribution in [1.82, 2.24) is 0 Å². The highest BCUT2D eigenvalue weighted by Gasteiger charge is 2.16. The molecule has 0 heterocycles. The molecular weight excluding hydrogens is 184 g/mol. The molecule has 0 saturated carbocycles. The van der Waals surface area contributed by atoms with E-state index in [-0.39, 0.29) is 12.2 Å². The Kier molecular flexibility index (Phi) is 3.17. The summed E-state index contributed by atoms with van der Waals surface area (Å²) in [6.45, 7) is 0. The molecule has 0 saturated heterocycles. The fourth-order valence-electron chi connectivity index (χ4n) is 1.04. The summed E-state index contributed by atoms with van der Waals surface area (Å²) in [6.07, 6.45) is 0.166. The minimum absolute atomic E-state index is 0.128. The molecule has 1 rings (SSSR count). The maximum Gasteiger partial charge on any atom is 0.330 e. The van der Waals surface area contributed by atoms with E-state index < -0.39 is 12.0 Å². The summed E-state index contributed by atoms with van der Waals surface area (Å²) in [5, 5.41) is 20.6. The van der Waals surface area contributed by atoms with Crippen LogP contribution in [0, 0.1) is 5.53 Å². The zero-order chi connectivity index (χ0) is 10.6. The number of phenols is 1. The number of aliphatic carboxylic acids is 1. The topological polar surface area (TPSA) is 93.7 Å². The van der Waals surface area contributed by atoms with Crippen LogP contribution in [0.2, 0.25) is 0 Å². The Hall–Kier alpha value is -1.91. The van der Waals surface area contributed by atoms with Crippen molar-refractivity contribution in [2.45, 2.75) is 12.5 Å². The predicted octanol–water partition coefficient (Wildman–Crippen LogP) is 1.42. The van der Waals surface area contributed by atoms with Gasteiger partial charge in [-0.3, -0.25) is 0 Å². The number of benzene rings is 1. The van der Waals surface area contributed by atoms with Crippen LogP contribution in [0.25, 0.3) is 0 Å². The summed E-state index contributed by atoms with van der Waals surface area (Å²) in [5.41, 5.74) is 7.40. The number of hydrogen-bond acceptors (Lipinski definition) is 4. The molecule has 3 N–H and O–H groups in total. The summed E-state index contributed by atoms with van der Waals surface area (Å²) >= 11 is 0. The molecule has 0 aromatic heterocycles. The van der Waals surface area contributed by atoms with Crippen LogP contribution in [0.5, 0.6) is 5.75 Å². The van der Waals surface area contributed by atoms with Crippen molar-refractivity contribution in [2.24, 2.45) is 5.11 Å². The number of carbonyl (C=O) groups is 1. The Morgan fingerprint density at radius 3 is 2.43 bits per heavy atom. The van der Waals surface area contributed by atoms with Gasteiger partial charge in [-0.15, -0.1) is 0 Å². The predicted molar refractivity (Wildman–Crippen MR) is 48.4 cm³/mol. The molecular formula is C9H10N2O3. The Labute approximate surface area is 80.5 Å². The molecule has 5 heteroatoms. The van der Waals surface area contributed by atoms with Gasteiger partial charge in [0.25, 0.3) is 0 Å². The van der Waals surface area contributed by atoms with Crippen LogP contribution in [-0.4, -0.2) is 22.2 Å². The lowest BCUT2D eigenvalue weighted by Gasteiger charge is -2.05. The molecule has 0 bridgehead atoms. The lowest BCUT2D eigenvalue weighted by Crippen LogP contribution is -2.19. The van der Waals surface area contributed by atoms with Gasteiger partial charge in [0.1, 0.15) is 5.75 Å². The molecule has 1 aromatic rings. The molecule has 0 aliphatic heterocycles. The SMILES string of the molecule is N=NC(Cc1ccc(O)cc1)C(=O)O. The molecule has 1 unspecified atom stereocenters. The maximum absolute atomic E-state index is 10.5. The zero-order valence-electron chi connectivity index (χ0n) is 7.34. The van der Waals surface area contributed by atoms with Gasteiger partial charge in [0.15, 0.2) is 6.04 Å². The molecule has 0 aliphatic carbocycles. The molecule has 0 radical (unpaired) electrons. The minimum Gasteiger partial charge on any atom is -0.508 e. The molecule has 0 fully saturated rings. The van der Waals surface area contributed by atoms with E-state index in [1.807, 2.05) is 0 Å². The first-order valence-corrected chi connectivity index (χ1v) is 4.00. The van der Waals surface area contributed by atoms with Gasteiger partial charge in [-0.2, -0.15) is 5.11 Å². The van der Waals surface area contributed by atoms with Crippen LogP contribution in [0.15, 0.2) is 29.4 Å². The number of rotatable bonds is 4. The first-order valence-electron chi connectivity index (χ1n) is 4.00. The Bertz CT molecular complexity index is 334. The fraction of sp³-hybridized carbons (Fsp3) is 0.222. The van der Waals surface area contributed by atoms with Gasteiger partial charge in [-0.05, 0) is 17.7 Å². The first kappa shape index (κ1) is 10.2. The summed E-state index contributed by atoms with van der Waals surface area (Å²) < 4.78 is 0. The van der Waals surface area contributed by atoms with Crippen LogP contribution in [0.3, 0.4) is 0 Å². The average molecular weight is 194 g/mol. The van der Waals surface area contributed by atoms with Gasteiger partial charge in [-0.1, -0.05) is 12.1 Å². The Morgan fingerprint density at radius 1 is 1.43 bits per heavy atom. The number of nitrogens with zero attached hydrogens (tertiary/aromatic N) is 1. The smallest absolute Gasteiger partial charge is 0.330 e. The average Bonchev–Trinajstić information content (AvgIpc) is 2.16. The Morgan fingerprint density at radius 2 is 2.00 bits per heavy atom. The van der Waals surface area contributed by atoms with Gasteiger partial charge in [0.05, 0.1) is 0 Å². The standard InChI is InChI=1S/C9H10N2O3/c10-11-8(9(13)14)5-6-1-3-7(12)4-2-6/h1-4,8,10,12H,5H2,(H,13,14). The second kappa shape index (κ2) is 4.36. The van der Waals surface area contributed by atoms with E-state index in [0.717, 1.165) is 5.56 Å². The molecule has 0 amide bonds. The van der Waals surface area contributed by atoms with Gasteiger partial charge >= 0.3 is 5.97 Å². The van der Waals surface area contributed by atoms with E-state index in [0.29, 0.717) is 0 Å². The second-order valence-corrected chi connectivity index (χ2v) is 2.85. The van der Waals surface area contributed by atoms with Gasteiger partial charge < -0.3 is 10.2 Å². The monoisotopic (exact) mass is 194 g/mol. The van der Waals surface area contributed by atoms with Crippen molar-refractivity contribution >= 4 is 5.97 Å². The van der Waals surface area contributed by atoms with E-state index >= 15 is 0 Å². The molecule has 14 heavy (non-hydrogen) atoms. The van der Waals surface area contributed by atoms with Crippen LogP contribution >= 0.6 is 0 Å². The first-order chi connectivity index (χ1) is 6.63. The summed E-state index contributed by atoms with van der Waals surface area (Å²) in [7, 11) is 0. The Balaban J connectivity index is 2.72. The number of carboxylic acids is 1. The highest BCUT2D eigenvalue weighted by Crippen LogP contribution is 2.12. The van der Waals surface area contributed by atoms with E-state index in [9.17, 15) is 4.79 Å². The van der Waals surface area contributed by atoms with Crippen molar-refractivity contribution in [3.05, 3.63) is 29.8 Å². The quantitative estimate of drug-likeness (QED) is 0.632. The van der Waals surface area contributed by atoms with Gasteiger partial charge in [-0.25, -0.2) is 10.3 Å². The molecule has 0 spiro atoms. The van der Waals surface area contributed by atoms with Crippen molar-refractivity contribution in [2.75, 3.05) is 0 Å². The third kappa shape index (κ3) is 2.55. The third-order valence-corrected chi connectivity index (χ3v) is 1.81. The van der Waals surface area contributed by atoms with Crippen molar-refractivity contribution < 1.29 is 15.0 Å². The highest BCUT2D eigenvalue weighted by atomic mass is 16.4. The fourth-order valence-corrected chi connectivity index (χ4v) is 1.04. The van der Waals surface area contributed by atoms with Crippen LogP contribution < -0.4 is 0 Å². The van der Waals surface area contributed by atoms with Gasteiger partial charge in [0.2, 0.25) is 0 Å². The maximum atomic E-state index is 10.5. The van der Waals surface area contributed by atoms with E-state index in [1.54, 1.807) is 12.1 Å². The van der Waals surface area contributed by atoms with Crippen LogP contribution in [0.1, 0.15) is 5.56 Å². The number of nitrogens with one attached hydrogen (secondary N) is 1. The van der Waals surface area contributed by atoms with E-state index in [2.05, 4.69) is 5.11 Å². The van der Waals surface area contributed by atoms with Crippen LogP contribution in [-0.2, 0) is 11.2 Å². The lowest BCUT2D eigenvalue weighted by molar-refractivity contribution is -0.138. The second-order valence-electron chi connectivity index (χ2n) is 2.85. The molecule has 74 valence electrons. The summed E-state index contributed by atoms with van der Waals surface area (Å²) in [5.74, 6) is -0.989. The molecule has 1 atom stereocenters. The summed E-state index contributed by atoms with van der Waals surface area (Å²) in [4.78, 5) is 10.5. The van der Waals surface area contributed by atoms with E-state index in [1.165, 1.54) is 12.1 Å². The zero-order valence-corrected chi connectivity index (χ0v) is 7.34. The van der Waals surface area contributed by atoms with Crippen molar-refractivity contribution in [1.29, 1.82) is 5.53 Å². The normalized spacial score (nSPS) is 12.0. The third-order valence-electron chi connectivity index (χ3n) is 1.81. The van der Waals surface area contributed by atoms with Crippen LogP contribution in [0.4, 0.5) is 0 Å². The van der Waals surface area contributed by atoms with Crippen molar-refractivity contribution in [3.8, 4) is 5.75 Å². The van der Waals surface area contributed by atoms with E-state index in [4.69, 9.17) is 15.7 Å². The number of phenolic OH excluding ortho intramolecular Hbond substituents is 1. The molecule has 1 aromatic carbocycles. The lowest BCUT2D eigenvalue weighted by atomic mass is 10.1. The largest absolute Gasteiger partial charge is 0.508 e. The number of aromatic hydroxyl groups is 1. The van der Waals surface area contributed by atoms with Crippen molar-refractivity contribution in [3.63, 3.8) is 0 Å².